The zero-order valence-electron chi connectivity index (χ0n) is 8.71. The van der Waals surface area contributed by atoms with Crippen LogP contribution in [0.2, 0.25) is 0 Å². The summed E-state index contributed by atoms with van der Waals surface area (Å²) < 4.78 is 0. The standard InChI is InChI=1S/C10H22N2O/c1-9(2,7-12)10(13)4-3-8(5-10)6-11/h8,13H,3-7,11-12H2,1-2H3. The number of hydrogen-bond acceptors (Lipinski definition) is 3. The number of aliphatic hydroxyl groups is 1. The topological polar surface area (TPSA) is 72.3 Å². The smallest absolute Gasteiger partial charge is 0.0713 e. The zero-order chi connectivity index (χ0) is 10.1. The Morgan fingerprint density at radius 3 is 2.46 bits per heavy atom. The van der Waals surface area contributed by atoms with Crippen molar-refractivity contribution in [2.45, 2.75) is 38.7 Å². The van der Waals surface area contributed by atoms with E-state index in [1.807, 2.05) is 13.8 Å². The van der Waals surface area contributed by atoms with Crippen LogP contribution in [-0.4, -0.2) is 23.8 Å². The second-order valence-electron chi connectivity index (χ2n) is 4.96. The second kappa shape index (κ2) is 3.56. The van der Waals surface area contributed by atoms with Gasteiger partial charge in [-0.15, -0.1) is 0 Å². The fourth-order valence-electron chi connectivity index (χ4n) is 2.13. The Kier molecular flexibility index (Phi) is 3.00. The lowest BCUT2D eigenvalue weighted by Gasteiger charge is -2.39. The molecule has 1 saturated carbocycles. The average molecular weight is 186 g/mol. The molecule has 0 aromatic heterocycles. The third-order valence-electron chi connectivity index (χ3n) is 3.70. The summed E-state index contributed by atoms with van der Waals surface area (Å²) >= 11 is 0. The van der Waals surface area contributed by atoms with E-state index in [1.165, 1.54) is 0 Å². The molecule has 0 bridgehead atoms. The second-order valence-corrected chi connectivity index (χ2v) is 4.96. The summed E-state index contributed by atoms with van der Waals surface area (Å²) in [6.07, 6.45) is 2.70. The molecule has 3 nitrogen and oxygen atoms in total. The largest absolute Gasteiger partial charge is 0.389 e. The molecule has 0 aliphatic heterocycles. The number of nitrogens with two attached hydrogens (primary N) is 2. The maximum Gasteiger partial charge on any atom is 0.0713 e. The van der Waals surface area contributed by atoms with E-state index in [1.54, 1.807) is 0 Å². The molecule has 1 aliphatic carbocycles. The van der Waals surface area contributed by atoms with Gasteiger partial charge in [0, 0.05) is 12.0 Å². The molecule has 0 saturated heterocycles. The molecular weight excluding hydrogens is 164 g/mol. The first-order valence-corrected chi connectivity index (χ1v) is 5.08. The Morgan fingerprint density at radius 2 is 2.08 bits per heavy atom. The molecule has 0 aromatic rings. The molecule has 3 heteroatoms. The minimum absolute atomic E-state index is 0.184. The highest BCUT2D eigenvalue weighted by atomic mass is 16.3. The van der Waals surface area contributed by atoms with Gasteiger partial charge in [-0.1, -0.05) is 13.8 Å². The molecule has 13 heavy (non-hydrogen) atoms. The summed E-state index contributed by atoms with van der Waals surface area (Å²) in [7, 11) is 0. The van der Waals surface area contributed by atoms with E-state index in [2.05, 4.69) is 0 Å². The van der Waals surface area contributed by atoms with Crippen molar-refractivity contribution in [2.75, 3.05) is 13.1 Å². The Bertz CT molecular complexity index is 182. The van der Waals surface area contributed by atoms with Gasteiger partial charge >= 0.3 is 0 Å². The predicted molar refractivity (Wildman–Crippen MR) is 54.2 cm³/mol. The lowest BCUT2D eigenvalue weighted by atomic mass is 9.73. The highest BCUT2D eigenvalue weighted by Gasteiger charge is 2.47. The van der Waals surface area contributed by atoms with Crippen LogP contribution < -0.4 is 11.5 Å². The van der Waals surface area contributed by atoms with Gasteiger partial charge in [0.05, 0.1) is 5.60 Å². The summed E-state index contributed by atoms with van der Waals surface area (Å²) in [6.45, 7) is 5.28. The van der Waals surface area contributed by atoms with Crippen molar-refractivity contribution in [1.29, 1.82) is 0 Å². The fraction of sp³-hybridized carbons (Fsp3) is 1.00. The highest BCUT2D eigenvalue weighted by molar-refractivity contribution is 4.99. The van der Waals surface area contributed by atoms with Crippen LogP contribution in [0, 0.1) is 11.3 Å². The van der Waals surface area contributed by atoms with Crippen LogP contribution in [-0.2, 0) is 0 Å². The summed E-state index contributed by atoms with van der Waals surface area (Å²) in [5.41, 5.74) is 10.5. The normalized spacial score (nSPS) is 35.3. The molecule has 5 N–H and O–H groups in total. The molecule has 78 valence electrons. The van der Waals surface area contributed by atoms with E-state index in [0.717, 1.165) is 19.3 Å². The summed E-state index contributed by atoms with van der Waals surface area (Å²) in [6, 6.07) is 0. The van der Waals surface area contributed by atoms with Crippen LogP contribution in [0.25, 0.3) is 0 Å². The predicted octanol–water partition coefficient (Wildman–Crippen LogP) is 0.461. The quantitative estimate of drug-likeness (QED) is 0.599. The van der Waals surface area contributed by atoms with Gasteiger partial charge in [-0.3, -0.25) is 0 Å². The first-order chi connectivity index (χ1) is 5.95. The number of rotatable bonds is 3. The maximum atomic E-state index is 10.4. The van der Waals surface area contributed by atoms with E-state index in [4.69, 9.17) is 11.5 Å². The molecule has 2 atom stereocenters. The lowest BCUT2D eigenvalue weighted by Crippen LogP contribution is -2.47. The number of hydrogen-bond donors (Lipinski definition) is 3. The van der Waals surface area contributed by atoms with Crippen molar-refractivity contribution in [3.8, 4) is 0 Å². The molecule has 0 heterocycles. The van der Waals surface area contributed by atoms with Gasteiger partial charge in [-0.2, -0.15) is 0 Å². The molecule has 0 spiro atoms. The van der Waals surface area contributed by atoms with E-state index in [0.29, 0.717) is 19.0 Å². The molecule has 0 aromatic carbocycles. The average Bonchev–Trinajstić information content (AvgIpc) is 2.49. The Balaban J connectivity index is 2.68. The fourth-order valence-corrected chi connectivity index (χ4v) is 2.13. The van der Waals surface area contributed by atoms with Gasteiger partial charge in [0.25, 0.3) is 0 Å². The van der Waals surface area contributed by atoms with Crippen LogP contribution in [0.15, 0.2) is 0 Å². The van der Waals surface area contributed by atoms with Crippen molar-refractivity contribution < 1.29 is 5.11 Å². The molecular formula is C10H22N2O. The van der Waals surface area contributed by atoms with Crippen molar-refractivity contribution in [3.63, 3.8) is 0 Å². The molecule has 0 amide bonds. The van der Waals surface area contributed by atoms with Crippen LogP contribution in [0.5, 0.6) is 0 Å². The Labute approximate surface area is 80.5 Å². The third-order valence-corrected chi connectivity index (χ3v) is 3.70. The first-order valence-electron chi connectivity index (χ1n) is 5.08. The monoisotopic (exact) mass is 186 g/mol. The Hall–Kier alpha value is -0.120. The van der Waals surface area contributed by atoms with E-state index in [-0.39, 0.29) is 5.41 Å². The summed E-state index contributed by atoms with van der Waals surface area (Å²) in [4.78, 5) is 0. The molecule has 2 unspecified atom stereocenters. The van der Waals surface area contributed by atoms with Gasteiger partial charge in [0.15, 0.2) is 0 Å². The van der Waals surface area contributed by atoms with Crippen LogP contribution in [0.4, 0.5) is 0 Å². The minimum atomic E-state index is -0.591. The van der Waals surface area contributed by atoms with E-state index >= 15 is 0 Å². The van der Waals surface area contributed by atoms with Gasteiger partial charge in [0.1, 0.15) is 0 Å². The van der Waals surface area contributed by atoms with E-state index in [9.17, 15) is 5.11 Å². The molecule has 1 fully saturated rings. The van der Waals surface area contributed by atoms with Crippen molar-refractivity contribution >= 4 is 0 Å². The van der Waals surface area contributed by atoms with Crippen LogP contribution in [0.1, 0.15) is 33.1 Å². The van der Waals surface area contributed by atoms with E-state index < -0.39 is 5.60 Å². The van der Waals surface area contributed by atoms with Crippen molar-refractivity contribution in [2.24, 2.45) is 22.8 Å². The SMILES string of the molecule is CC(C)(CN)C1(O)CCC(CN)C1. The zero-order valence-corrected chi connectivity index (χ0v) is 8.71. The minimum Gasteiger partial charge on any atom is -0.389 e. The van der Waals surface area contributed by atoms with Gasteiger partial charge in [-0.05, 0) is 31.7 Å². The van der Waals surface area contributed by atoms with Crippen molar-refractivity contribution in [3.05, 3.63) is 0 Å². The van der Waals surface area contributed by atoms with Gasteiger partial charge in [0.2, 0.25) is 0 Å². The first kappa shape index (κ1) is 11.0. The van der Waals surface area contributed by atoms with Gasteiger partial charge in [-0.25, -0.2) is 0 Å². The highest BCUT2D eigenvalue weighted by Crippen LogP contribution is 2.45. The van der Waals surface area contributed by atoms with Gasteiger partial charge < -0.3 is 16.6 Å². The maximum absolute atomic E-state index is 10.4. The summed E-state index contributed by atoms with van der Waals surface area (Å²) in [5, 5.41) is 10.4. The third kappa shape index (κ3) is 1.87. The molecule has 1 aliphatic rings. The lowest BCUT2D eigenvalue weighted by molar-refractivity contribution is -0.0590. The van der Waals surface area contributed by atoms with Crippen LogP contribution in [0.3, 0.4) is 0 Å². The Morgan fingerprint density at radius 1 is 1.46 bits per heavy atom. The van der Waals surface area contributed by atoms with Crippen molar-refractivity contribution in [1.82, 2.24) is 0 Å². The van der Waals surface area contributed by atoms with Crippen LogP contribution >= 0.6 is 0 Å². The molecule has 1 rings (SSSR count). The molecule has 0 radical (unpaired) electrons. The summed E-state index contributed by atoms with van der Waals surface area (Å²) in [5.74, 6) is 0.482.